The topological polar surface area (TPSA) is 75.1 Å². The van der Waals surface area contributed by atoms with Gasteiger partial charge in [0.25, 0.3) is 0 Å². The molecule has 0 atom stereocenters. The molecular weight excluding hydrogens is 250 g/mol. The van der Waals surface area contributed by atoms with Crippen LogP contribution in [0.2, 0.25) is 0 Å². The number of aromatic carboxylic acids is 1. The van der Waals surface area contributed by atoms with Crippen molar-refractivity contribution in [3.63, 3.8) is 0 Å². The number of carbonyl (C=O) groups is 1. The fourth-order valence-corrected chi connectivity index (χ4v) is 2.34. The van der Waals surface area contributed by atoms with E-state index >= 15 is 0 Å². The molecule has 0 bridgehead atoms. The highest BCUT2D eigenvalue weighted by Crippen LogP contribution is 2.16. The van der Waals surface area contributed by atoms with Gasteiger partial charge in [0, 0.05) is 16.0 Å². The number of carboxylic acids is 1. The summed E-state index contributed by atoms with van der Waals surface area (Å²) < 4.78 is 0. The number of rotatable bonds is 4. The molecule has 0 spiro atoms. The smallest absolute Gasteiger partial charge is 0.339 e. The molecule has 94 valence electrons. The molecule has 0 saturated carbocycles. The van der Waals surface area contributed by atoms with Crippen molar-refractivity contribution in [2.75, 3.05) is 5.32 Å². The van der Waals surface area contributed by atoms with Crippen molar-refractivity contribution in [1.82, 2.24) is 9.97 Å². The molecule has 0 radical (unpaired) electrons. The lowest BCUT2D eigenvalue weighted by atomic mass is 10.2. The van der Waals surface area contributed by atoms with Crippen LogP contribution in [-0.2, 0) is 6.54 Å². The number of carboxylic acid groups (broad SMARTS) is 1. The second kappa shape index (κ2) is 5.14. The number of hydrogen-bond donors (Lipinski definition) is 2. The van der Waals surface area contributed by atoms with E-state index in [9.17, 15) is 4.79 Å². The van der Waals surface area contributed by atoms with Crippen LogP contribution in [-0.4, -0.2) is 21.0 Å². The molecule has 0 aliphatic carbocycles. The van der Waals surface area contributed by atoms with Crippen LogP contribution in [0.15, 0.2) is 18.3 Å². The summed E-state index contributed by atoms with van der Waals surface area (Å²) >= 11 is 1.71. The molecule has 0 aliphatic heterocycles. The molecule has 0 aliphatic rings. The quantitative estimate of drug-likeness (QED) is 0.886. The van der Waals surface area contributed by atoms with Gasteiger partial charge in [0.1, 0.15) is 0 Å². The third-order valence-corrected chi connectivity index (χ3v) is 3.43. The Morgan fingerprint density at radius 3 is 2.78 bits per heavy atom. The summed E-state index contributed by atoms with van der Waals surface area (Å²) in [6.07, 6.45) is 1.33. The third kappa shape index (κ3) is 2.84. The van der Waals surface area contributed by atoms with E-state index in [1.54, 1.807) is 18.3 Å². The molecule has 0 saturated heterocycles. The first-order valence-electron chi connectivity index (χ1n) is 5.42. The number of aryl methyl sites for hydroxylation is 2. The van der Waals surface area contributed by atoms with Gasteiger partial charge in [-0.15, -0.1) is 11.3 Å². The SMILES string of the molecule is Cc1ccc(CNc2ncc(C(=O)O)c(C)n2)s1. The van der Waals surface area contributed by atoms with Crippen LogP contribution >= 0.6 is 11.3 Å². The van der Waals surface area contributed by atoms with Gasteiger partial charge in [0.05, 0.1) is 17.8 Å². The van der Waals surface area contributed by atoms with Crippen molar-refractivity contribution >= 4 is 23.3 Å². The largest absolute Gasteiger partial charge is 0.478 e. The van der Waals surface area contributed by atoms with Gasteiger partial charge >= 0.3 is 5.97 Å². The van der Waals surface area contributed by atoms with E-state index in [-0.39, 0.29) is 5.56 Å². The summed E-state index contributed by atoms with van der Waals surface area (Å²) in [6.45, 7) is 4.35. The number of aromatic nitrogens is 2. The number of thiophene rings is 1. The van der Waals surface area contributed by atoms with Crippen LogP contribution in [0.5, 0.6) is 0 Å². The minimum atomic E-state index is -1.01. The third-order valence-electron chi connectivity index (χ3n) is 2.43. The molecule has 2 heterocycles. The van der Waals surface area contributed by atoms with E-state index in [2.05, 4.69) is 28.3 Å². The maximum absolute atomic E-state index is 10.8. The predicted octanol–water partition coefficient (Wildman–Crippen LogP) is 2.47. The predicted molar refractivity (Wildman–Crippen MR) is 70.1 cm³/mol. The van der Waals surface area contributed by atoms with Gasteiger partial charge in [0.15, 0.2) is 0 Å². The van der Waals surface area contributed by atoms with Gasteiger partial charge < -0.3 is 10.4 Å². The summed E-state index contributed by atoms with van der Waals surface area (Å²) in [5.41, 5.74) is 0.592. The monoisotopic (exact) mass is 263 g/mol. The van der Waals surface area contributed by atoms with E-state index in [4.69, 9.17) is 5.11 Å². The molecule has 6 heteroatoms. The number of nitrogens with one attached hydrogen (secondary N) is 1. The Kier molecular flexibility index (Phi) is 3.57. The van der Waals surface area contributed by atoms with Gasteiger partial charge in [-0.25, -0.2) is 14.8 Å². The normalized spacial score (nSPS) is 10.3. The van der Waals surface area contributed by atoms with Crippen molar-refractivity contribution in [3.8, 4) is 0 Å². The standard InChI is InChI=1S/C12H13N3O2S/c1-7-3-4-9(18-7)5-13-12-14-6-10(11(16)17)8(2)15-12/h3-4,6H,5H2,1-2H3,(H,16,17)(H,13,14,15). The zero-order valence-corrected chi connectivity index (χ0v) is 10.9. The van der Waals surface area contributed by atoms with E-state index in [0.29, 0.717) is 18.2 Å². The molecule has 0 fully saturated rings. The van der Waals surface area contributed by atoms with Crippen molar-refractivity contribution in [2.24, 2.45) is 0 Å². The highest BCUT2D eigenvalue weighted by atomic mass is 32.1. The fourth-order valence-electron chi connectivity index (χ4n) is 1.51. The summed E-state index contributed by atoms with van der Waals surface area (Å²) in [5, 5.41) is 11.9. The van der Waals surface area contributed by atoms with Crippen molar-refractivity contribution in [2.45, 2.75) is 20.4 Å². The van der Waals surface area contributed by atoms with Crippen LogP contribution in [0, 0.1) is 13.8 Å². The zero-order chi connectivity index (χ0) is 13.1. The highest BCUT2D eigenvalue weighted by molar-refractivity contribution is 7.11. The molecule has 2 aromatic heterocycles. The van der Waals surface area contributed by atoms with E-state index < -0.39 is 5.97 Å². The summed E-state index contributed by atoms with van der Waals surface area (Å²) in [7, 11) is 0. The van der Waals surface area contributed by atoms with Crippen LogP contribution in [0.25, 0.3) is 0 Å². The van der Waals surface area contributed by atoms with Crippen molar-refractivity contribution in [3.05, 3.63) is 39.3 Å². The minimum Gasteiger partial charge on any atom is -0.478 e. The Morgan fingerprint density at radius 2 is 2.22 bits per heavy atom. The molecule has 2 aromatic rings. The van der Waals surface area contributed by atoms with Crippen LogP contribution in [0.1, 0.15) is 25.8 Å². The molecule has 18 heavy (non-hydrogen) atoms. The average Bonchev–Trinajstić information content (AvgIpc) is 2.72. The Bertz CT molecular complexity index is 580. The minimum absolute atomic E-state index is 0.132. The Morgan fingerprint density at radius 1 is 1.44 bits per heavy atom. The second-order valence-electron chi connectivity index (χ2n) is 3.86. The Balaban J connectivity index is 2.06. The van der Waals surface area contributed by atoms with Crippen LogP contribution in [0.4, 0.5) is 5.95 Å². The first-order valence-corrected chi connectivity index (χ1v) is 6.24. The van der Waals surface area contributed by atoms with Gasteiger partial charge in [0.2, 0.25) is 5.95 Å². The summed E-state index contributed by atoms with van der Waals surface area (Å²) in [4.78, 5) is 21.4. The first kappa shape index (κ1) is 12.5. The molecule has 0 unspecified atom stereocenters. The maximum Gasteiger partial charge on any atom is 0.339 e. The van der Waals surface area contributed by atoms with Crippen molar-refractivity contribution < 1.29 is 9.90 Å². The fraction of sp³-hybridized carbons (Fsp3) is 0.250. The lowest BCUT2D eigenvalue weighted by molar-refractivity contribution is 0.0695. The molecule has 0 aromatic carbocycles. The molecule has 0 amide bonds. The highest BCUT2D eigenvalue weighted by Gasteiger charge is 2.09. The molecule has 5 nitrogen and oxygen atoms in total. The van der Waals surface area contributed by atoms with Gasteiger partial charge in [-0.1, -0.05) is 0 Å². The van der Waals surface area contributed by atoms with Gasteiger partial charge in [-0.05, 0) is 26.0 Å². The zero-order valence-electron chi connectivity index (χ0n) is 10.1. The van der Waals surface area contributed by atoms with Gasteiger partial charge in [-0.3, -0.25) is 0 Å². The van der Waals surface area contributed by atoms with E-state index in [1.165, 1.54) is 16.0 Å². The van der Waals surface area contributed by atoms with Crippen LogP contribution in [0.3, 0.4) is 0 Å². The molecule has 2 N–H and O–H groups in total. The molecule has 2 rings (SSSR count). The first-order chi connectivity index (χ1) is 8.56. The Hall–Kier alpha value is -1.95. The van der Waals surface area contributed by atoms with Crippen molar-refractivity contribution in [1.29, 1.82) is 0 Å². The second-order valence-corrected chi connectivity index (χ2v) is 5.24. The van der Waals surface area contributed by atoms with Crippen LogP contribution < -0.4 is 5.32 Å². The number of anilines is 1. The van der Waals surface area contributed by atoms with E-state index in [0.717, 1.165) is 0 Å². The van der Waals surface area contributed by atoms with Gasteiger partial charge in [-0.2, -0.15) is 0 Å². The van der Waals surface area contributed by atoms with E-state index in [1.807, 2.05) is 6.07 Å². The Labute approximate surface area is 109 Å². The average molecular weight is 263 g/mol. The molecular formula is C12H13N3O2S. The summed E-state index contributed by atoms with van der Waals surface area (Å²) in [6, 6.07) is 4.10. The lowest BCUT2D eigenvalue weighted by Gasteiger charge is -2.05. The lowest BCUT2D eigenvalue weighted by Crippen LogP contribution is -2.08. The number of nitrogens with zero attached hydrogens (tertiary/aromatic N) is 2. The summed E-state index contributed by atoms with van der Waals surface area (Å²) in [5.74, 6) is -0.559. The number of hydrogen-bond acceptors (Lipinski definition) is 5. The maximum atomic E-state index is 10.8.